The highest BCUT2D eigenvalue weighted by molar-refractivity contribution is 5.94. The summed E-state index contributed by atoms with van der Waals surface area (Å²) in [5.41, 5.74) is 7.14. The topological polar surface area (TPSA) is 60.0 Å². The summed E-state index contributed by atoms with van der Waals surface area (Å²) >= 11 is 0. The number of anilines is 1. The molecular weight excluding hydrogens is 238 g/mol. The number of nitrogen functional groups attached to an aromatic ring is 1. The molecule has 0 bridgehead atoms. The van der Waals surface area contributed by atoms with Gasteiger partial charge in [0.05, 0.1) is 5.69 Å². The lowest BCUT2D eigenvalue weighted by molar-refractivity contribution is 0.0917. The minimum absolute atomic E-state index is 0.00421. The second-order valence-corrected chi connectivity index (χ2v) is 5.66. The van der Waals surface area contributed by atoms with Gasteiger partial charge in [0.2, 0.25) is 0 Å². The third-order valence-electron chi connectivity index (χ3n) is 4.08. The maximum atomic E-state index is 12.3. The maximum absolute atomic E-state index is 12.3. The van der Waals surface area contributed by atoms with Crippen LogP contribution in [0.25, 0.3) is 0 Å². The first-order valence-corrected chi connectivity index (χ1v) is 7.38. The van der Waals surface area contributed by atoms with Gasteiger partial charge in [-0.1, -0.05) is 19.8 Å². The third kappa shape index (κ3) is 3.31. The number of hydrogen-bond acceptors (Lipinski definition) is 2. The van der Waals surface area contributed by atoms with Crippen molar-refractivity contribution in [1.82, 2.24) is 9.88 Å². The summed E-state index contributed by atoms with van der Waals surface area (Å²) in [4.78, 5) is 12.3. The average Bonchev–Trinajstić information content (AvgIpc) is 2.99. The summed E-state index contributed by atoms with van der Waals surface area (Å²) in [5.74, 6) is 0.639. The van der Waals surface area contributed by atoms with Gasteiger partial charge in [-0.2, -0.15) is 0 Å². The van der Waals surface area contributed by atoms with Gasteiger partial charge in [-0.3, -0.25) is 4.79 Å². The molecule has 1 heterocycles. The van der Waals surface area contributed by atoms with Crippen LogP contribution in [0.4, 0.5) is 5.69 Å². The molecule has 1 saturated carbocycles. The highest BCUT2D eigenvalue weighted by Gasteiger charge is 2.24. The molecule has 19 heavy (non-hydrogen) atoms. The molecular formula is C15H25N3O. The summed E-state index contributed by atoms with van der Waals surface area (Å²) in [6, 6.07) is 2.02. The third-order valence-corrected chi connectivity index (χ3v) is 4.08. The van der Waals surface area contributed by atoms with Gasteiger partial charge in [0.1, 0.15) is 5.69 Å². The zero-order valence-electron chi connectivity index (χ0n) is 12.0. The number of carbonyl (C=O) groups is 1. The number of hydrogen-bond donors (Lipinski definition) is 2. The molecule has 0 aromatic carbocycles. The van der Waals surface area contributed by atoms with Crippen molar-refractivity contribution >= 4 is 11.6 Å². The molecule has 1 aliphatic carbocycles. The first kappa shape index (κ1) is 14.0. The van der Waals surface area contributed by atoms with Crippen molar-refractivity contribution in [3.8, 4) is 0 Å². The molecule has 1 fully saturated rings. The number of carbonyl (C=O) groups excluding carboxylic acids is 1. The van der Waals surface area contributed by atoms with E-state index in [0.717, 1.165) is 13.0 Å². The van der Waals surface area contributed by atoms with Crippen LogP contribution < -0.4 is 11.1 Å². The Morgan fingerprint density at radius 1 is 1.53 bits per heavy atom. The van der Waals surface area contributed by atoms with Crippen LogP contribution in [0.15, 0.2) is 12.3 Å². The molecule has 0 aliphatic heterocycles. The number of rotatable bonds is 5. The Morgan fingerprint density at radius 3 is 2.84 bits per heavy atom. The van der Waals surface area contributed by atoms with Crippen LogP contribution >= 0.6 is 0 Å². The fourth-order valence-corrected chi connectivity index (χ4v) is 3.01. The minimum Gasteiger partial charge on any atom is -0.397 e. The van der Waals surface area contributed by atoms with Crippen molar-refractivity contribution in [2.45, 2.75) is 58.5 Å². The van der Waals surface area contributed by atoms with Crippen LogP contribution in [0.3, 0.4) is 0 Å². The SMILES string of the molecule is CCCn1cc(N)cc1C(=O)NC(C)C1CCCC1. The molecule has 1 aromatic heterocycles. The Bertz CT molecular complexity index is 433. The Morgan fingerprint density at radius 2 is 2.21 bits per heavy atom. The lowest BCUT2D eigenvalue weighted by Crippen LogP contribution is -2.38. The second-order valence-electron chi connectivity index (χ2n) is 5.66. The molecule has 0 saturated heterocycles. The molecule has 1 unspecified atom stereocenters. The van der Waals surface area contributed by atoms with Crippen molar-refractivity contribution in [2.24, 2.45) is 5.92 Å². The van der Waals surface area contributed by atoms with Crippen LogP contribution in [0.5, 0.6) is 0 Å². The molecule has 106 valence electrons. The van der Waals surface area contributed by atoms with E-state index in [1.54, 1.807) is 6.07 Å². The summed E-state index contributed by atoms with van der Waals surface area (Å²) in [7, 11) is 0. The van der Waals surface area contributed by atoms with Gasteiger partial charge in [-0.05, 0) is 38.2 Å². The highest BCUT2D eigenvalue weighted by atomic mass is 16.2. The van der Waals surface area contributed by atoms with Crippen molar-refractivity contribution < 1.29 is 4.79 Å². The first-order valence-electron chi connectivity index (χ1n) is 7.38. The molecule has 4 heteroatoms. The van der Waals surface area contributed by atoms with Crippen molar-refractivity contribution in [1.29, 1.82) is 0 Å². The monoisotopic (exact) mass is 263 g/mol. The van der Waals surface area contributed by atoms with Crippen molar-refractivity contribution in [3.63, 3.8) is 0 Å². The van der Waals surface area contributed by atoms with Gasteiger partial charge in [-0.25, -0.2) is 0 Å². The minimum atomic E-state index is 0.00421. The Hall–Kier alpha value is -1.45. The molecule has 3 N–H and O–H groups in total. The quantitative estimate of drug-likeness (QED) is 0.858. The van der Waals surface area contributed by atoms with Gasteiger partial charge in [0.15, 0.2) is 0 Å². The van der Waals surface area contributed by atoms with Crippen LogP contribution in [-0.4, -0.2) is 16.5 Å². The van der Waals surface area contributed by atoms with E-state index in [4.69, 9.17) is 5.73 Å². The molecule has 4 nitrogen and oxygen atoms in total. The second kappa shape index (κ2) is 6.13. The number of aryl methyl sites for hydroxylation is 1. The van der Waals surface area contributed by atoms with Crippen LogP contribution in [-0.2, 0) is 6.54 Å². The van der Waals surface area contributed by atoms with E-state index >= 15 is 0 Å². The predicted octanol–water partition coefficient (Wildman–Crippen LogP) is 2.79. The Balaban J connectivity index is 2.02. The molecule has 1 amide bonds. The van der Waals surface area contributed by atoms with Gasteiger partial charge >= 0.3 is 0 Å². The van der Waals surface area contributed by atoms with E-state index < -0.39 is 0 Å². The zero-order chi connectivity index (χ0) is 13.8. The molecule has 2 rings (SSSR count). The molecule has 0 spiro atoms. The van der Waals surface area contributed by atoms with Crippen molar-refractivity contribution in [2.75, 3.05) is 5.73 Å². The largest absolute Gasteiger partial charge is 0.397 e. The van der Waals surface area contributed by atoms with E-state index in [9.17, 15) is 4.79 Å². The summed E-state index contributed by atoms with van der Waals surface area (Å²) < 4.78 is 1.95. The predicted molar refractivity (Wildman–Crippen MR) is 78.0 cm³/mol. The Labute approximate surface area is 115 Å². The highest BCUT2D eigenvalue weighted by Crippen LogP contribution is 2.27. The Kier molecular flexibility index (Phi) is 4.51. The van der Waals surface area contributed by atoms with E-state index in [1.165, 1.54) is 25.7 Å². The van der Waals surface area contributed by atoms with Gasteiger partial charge in [0.25, 0.3) is 5.91 Å². The molecule has 1 atom stereocenters. The van der Waals surface area contributed by atoms with E-state index in [1.807, 2.05) is 10.8 Å². The van der Waals surface area contributed by atoms with Crippen LogP contribution in [0.1, 0.15) is 56.4 Å². The van der Waals surface area contributed by atoms with Crippen LogP contribution in [0, 0.1) is 5.92 Å². The van der Waals surface area contributed by atoms with Gasteiger partial charge < -0.3 is 15.6 Å². The number of nitrogens with one attached hydrogen (secondary N) is 1. The van der Waals surface area contributed by atoms with E-state index in [-0.39, 0.29) is 11.9 Å². The molecule has 1 aliphatic rings. The fourth-order valence-electron chi connectivity index (χ4n) is 3.01. The van der Waals surface area contributed by atoms with Crippen LogP contribution in [0.2, 0.25) is 0 Å². The molecule has 0 radical (unpaired) electrons. The van der Waals surface area contributed by atoms with Gasteiger partial charge in [-0.15, -0.1) is 0 Å². The van der Waals surface area contributed by atoms with E-state index in [2.05, 4.69) is 19.2 Å². The van der Waals surface area contributed by atoms with Crippen molar-refractivity contribution in [3.05, 3.63) is 18.0 Å². The number of amides is 1. The lowest BCUT2D eigenvalue weighted by atomic mass is 10.00. The number of nitrogens with zero attached hydrogens (tertiary/aromatic N) is 1. The normalized spacial score (nSPS) is 17.6. The van der Waals surface area contributed by atoms with E-state index in [0.29, 0.717) is 17.3 Å². The number of aromatic nitrogens is 1. The smallest absolute Gasteiger partial charge is 0.268 e. The number of nitrogens with two attached hydrogens (primary N) is 1. The standard InChI is InChI=1S/C15H25N3O/c1-3-8-18-10-13(16)9-14(18)15(19)17-11(2)12-6-4-5-7-12/h9-12H,3-8,16H2,1-2H3,(H,17,19). The average molecular weight is 263 g/mol. The summed E-state index contributed by atoms with van der Waals surface area (Å²) in [6.07, 6.45) is 7.90. The summed E-state index contributed by atoms with van der Waals surface area (Å²) in [6.45, 7) is 5.04. The lowest BCUT2D eigenvalue weighted by Gasteiger charge is -2.20. The zero-order valence-corrected chi connectivity index (χ0v) is 12.0. The molecule has 1 aromatic rings. The fraction of sp³-hybridized carbons (Fsp3) is 0.667. The first-order chi connectivity index (χ1) is 9.11. The maximum Gasteiger partial charge on any atom is 0.268 e. The summed E-state index contributed by atoms with van der Waals surface area (Å²) in [5, 5.41) is 3.13. The van der Waals surface area contributed by atoms with Gasteiger partial charge in [0, 0.05) is 18.8 Å².